The van der Waals surface area contributed by atoms with Gasteiger partial charge >= 0.3 is 0 Å². The van der Waals surface area contributed by atoms with E-state index < -0.39 is 21.9 Å². The van der Waals surface area contributed by atoms with Crippen molar-refractivity contribution in [1.82, 2.24) is 19.5 Å². The molecule has 0 saturated heterocycles. The number of aromatic nitrogens is 3. The Morgan fingerprint density at radius 1 is 0.921 bits per heavy atom. The van der Waals surface area contributed by atoms with Gasteiger partial charge in [-0.2, -0.15) is 0 Å². The fourth-order valence-corrected chi connectivity index (χ4v) is 6.27. The van der Waals surface area contributed by atoms with E-state index in [1.165, 1.54) is 23.3 Å². The van der Waals surface area contributed by atoms with E-state index in [0.29, 0.717) is 24.5 Å². The summed E-state index contributed by atoms with van der Waals surface area (Å²) in [5, 5.41) is 9.59. The maximum absolute atomic E-state index is 13.4. The van der Waals surface area contributed by atoms with Crippen molar-refractivity contribution in [2.24, 2.45) is 0 Å². The summed E-state index contributed by atoms with van der Waals surface area (Å²) in [6.07, 6.45) is 0.387. The van der Waals surface area contributed by atoms with Crippen LogP contribution in [0.3, 0.4) is 0 Å². The largest absolute Gasteiger partial charge is 0.305 e. The summed E-state index contributed by atoms with van der Waals surface area (Å²) in [4.78, 5) is -0.00664. The average Bonchev–Trinajstić information content (AvgIpc) is 3.30. The van der Waals surface area contributed by atoms with E-state index in [1.807, 2.05) is 41.8 Å². The van der Waals surface area contributed by atoms with E-state index in [0.717, 1.165) is 22.9 Å². The van der Waals surface area contributed by atoms with Crippen LogP contribution in [0.2, 0.25) is 0 Å². The van der Waals surface area contributed by atoms with Crippen molar-refractivity contribution in [2.45, 2.75) is 67.9 Å². The van der Waals surface area contributed by atoms with Crippen molar-refractivity contribution < 1.29 is 12.8 Å². The van der Waals surface area contributed by atoms with Crippen LogP contribution in [0, 0.1) is 5.82 Å². The Kier molecular flexibility index (Phi) is 8.70. The zero-order valence-electron chi connectivity index (χ0n) is 22.1. The molecule has 0 saturated carbocycles. The molecular weight excluding hydrogens is 519 g/mol. The van der Waals surface area contributed by atoms with E-state index >= 15 is 0 Å². The first-order chi connectivity index (χ1) is 18.1. The Bertz CT molecular complexity index is 1450. The zero-order chi connectivity index (χ0) is 27.3. The average molecular weight is 553 g/mol. The number of benzene rings is 3. The molecule has 6 nitrogen and oxygen atoms in total. The molecule has 0 fully saturated rings. The van der Waals surface area contributed by atoms with Crippen LogP contribution in [0.15, 0.2) is 88.9 Å². The van der Waals surface area contributed by atoms with E-state index in [2.05, 4.69) is 60.0 Å². The molecule has 1 N–H and O–H groups in total. The minimum absolute atomic E-state index is 0.00664. The minimum atomic E-state index is -3.94. The molecule has 9 heteroatoms. The Morgan fingerprint density at radius 3 is 2.18 bits per heavy atom. The molecule has 0 aliphatic rings. The molecule has 4 rings (SSSR count). The molecule has 0 amide bonds. The summed E-state index contributed by atoms with van der Waals surface area (Å²) < 4.78 is 44.6. The van der Waals surface area contributed by atoms with Crippen LogP contribution in [0.25, 0.3) is 0 Å². The number of sulfonamides is 1. The van der Waals surface area contributed by atoms with Crippen LogP contribution < -0.4 is 4.72 Å². The third kappa shape index (κ3) is 6.89. The maximum atomic E-state index is 13.4. The second-order valence-corrected chi connectivity index (χ2v) is 12.8. The fraction of sp³-hybridized carbons (Fsp3) is 0.310. The van der Waals surface area contributed by atoms with Crippen molar-refractivity contribution in [3.63, 3.8) is 0 Å². The van der Waals surface area contributed by atoms with Crippen molar-refractivity contribution >= 4 is 21.8 Å². The highest BCUT2D eigenvalue weighted by atomic mass is 32.2. The molecule has 4 aromatic rings. The van der Waals surface area contributed by atoms with E-state index in [4.69, 9.17) is 0 Å². The summed E-state index contributed by atoms with van der Waals surface area (Å²) in [5.74, 6) is 0.755. The normalized spacial score (nSPS) is 13.0. The quantitative estimate of drug-likeness (QED) is 0.234. The highest BCUT2D eigenvalue weighted by molar-refractivity contribution is 7.98. The van der Waals surface area contributed by atoms with Crippen LogP contribution in [-0.2, 0) is 34.2 Å². The lowest BCUT2D eigenvalue weighted by Gasteiger charge is -2.20. The summed E-state index contributed by atoms with van der Waals surface area (Å²) >= 11 is 1.57. The lowest BCUT2D eigenvalue weighted by atomic mass is 9.87. The molecule has 200 valence electrons. The first-order valence-corrected chi connectivity index (χ1v) is 15.0. The lowest BCUT2D eigenvalue weighted by molar-refractivity contribution is 0.517. The van der Waals surface area contributed by atoms with Crippen molar-refractivity contribution in [1.29, 1.82) is 0 Å². The highest BCUT2D eigenvalue weighted by Gasteiger charge is 2.27. The summed E-state index contributed by atoms with van der Waals surface area (Å²) in [7, 11) is -3.94. The lowest BCUT2D eigenvalue weighted by Crippen LogP contribution is -2.32. The second-order valence-electron chi connectivity index (χ2n) is 10.1. The van der Waals surface area contributed by atoms with Crippen LogP contribution in [-0.4, -0.2) is 23.2 Å². The molecule has 1 aromatic heterocycles. The Balaban J connectivity index is 1.60. The number of hydrogen-bond donors (Lipinski definition) is 1. The predicted molar refractivity (Wildman–Crippen MR) is 150 cm³/mol. The third-order valence-electron chi connectivity index (χ3n) is 6.27. The van der Waals surface area contributed by atoms with Gasteiger partial charge in [0, 0.05) is 12.3 Å². The standard InChI is InChI=1S/C29H33FN4O2S2/c1-5-34-27(31-32-28(34)37-20-22-11-13-23(14-12-22)29(2,3)4)26(19-21-9-7-6-8-10-21)33-38(35,36)25-17-15-24(30)16-18-25/h6-18,26,33H,5,19-20H2,1-4H3/t26-/m1/s1. The van der Waals surface area contributed by atoms with Gasteiger partial charge in [-0.1, -0.05) is 87.1 Å². The molecule has 3 aromatic carbocycles. The zero-order valence-corrected chi connectivity index (χ0v) is 23.7. The van der Waals surface area contributed by atoms with Gasteiger partial charge in [0.05, 0.1) is 10.9 Å². The van der Waals surface area contributed by atoms with Gasteiger partial charge < -0.3 is 4.57 Å². The number of hydrogen-bond acceptors (Lipinski definition) is 5. The van der Waals surface area contributed by atoms with E-state index in [9.17, 15) is 12.8 Å². The summed E-state index contributed by atoms with van der Waals surface area (Å²) in [6.45, 7) is 9.15. The van der Waals surface area contributed by atoms with Gasteiger partial charge in [0.15, 0.2) is 11.0 Å². The first kappa shape index (κ1) is 28.0. The topological polar surface area (TPSA) is 76.9 Å². The molecular formula is C29H33FN4O2S2. The van der Waals surface area contributed by atoms with Gasteiger partial charge in [-0.25, -0.2) is 17.5 Å². The first-order valence-electron chi connectivity index (χ1n) is 12.5. The molecule has 38 heavy (non-hydrogen) atoms. The van der Waals surface area contributed by atoms with Crippen molar-refractivity contribution in [3.05, 3.63) is 107 Å². The Morgan fingerprint density at radius 2 is 1.58 bits per heavy atom. The summed E-state index contributed by atoms with van der Waals surface area (Å²) in [6, 6.07) is 22.3. The highest BCUT2D eigenvalue weighted by Crippen LogP contribution is 2.28. The third-order valence-corrected chi connectivity index (χ3v) is 8.79. The van der Waals surface area contributed by atoms with Gasteiger partial charge in [-0.05, 0) is 59.7 Å². The Hall–Kier alpha value is -3.01. The molecule has 0 aliphatic heterocycles. The molecule has 0 unspecified atom stereocenters. The van der Waals surface area contributed by atoms with Gasteiger partial charge in [0.2, 0.25) is 10.0 Å². The van der Waals surface area contributed by atoms with Gasteiger partial charge in [-0.3, -0.25) is 0 Å². The van der Waals surface area contributed by atoms with Crippen LogP contribution in [0.4, 0.5) is 4.39 Å². The van der Waals surface area contributed by atoms with Gasteiger partial charge in [-0.15, -0.1) is 10.2 Å². The number of rotatable bonds is 10. The van der Waals surface area contributed by atoms with Crippen LogP contribution >= 0.6 is 11.8 Å². The Labute approximate surface area is 228 Å². The smallest absolute Gasteiger partial charge is 0.241 e. The minimum Gasteiger partial charge on any atom is -0.305 e. The fourth-order valence-electron chi connectivity index (χ4n) is 4.12. The molecule has 0 bridgehead atoms. The molecule has 0 aliphatic carbocycles. The molecule has 1 heterocycles. The SMILES string of the molecule is CCn1c(SCc2ccc(C(C)(C)C)cc2)nnc1[C@@H](Cc1ccccc1)NS(=O)(=O)c1ccc(F)cc1. The number of thioether (sulfide) groups is 1. The second kappa shape index (κ2) is 11.8. The molecule has 1 atom stereocenters. The number of nitrogens with zero attached hydrogens (tertiary/aromatic N) is 3. The van der Waals surface area contributed by atoms with Gasteiger partial charge in [0.1, 0.15) is 5.82 Å². The van der Waals surface area contributed by atoms with Crippen LogP contribution in [0.1, 0.15) is 56.3 Å². The van der Waals surface area contributed by atoms with E-state index in [1.54, 1.807) is 11.8 Å². The number of halogens is 1. The van der Waals surface area contributed by atoms with Gasteiger partial charge in [0.25, 0.3) is 0 Å². The summed E-state index contributed by atoms with van der Waals surface area (Å²) in [5.41, 5.74) is 3.51. The monoisotopic (exact) mass is 552 g/mol. The van der Waals surface area contributed by atoms with Crippen LogP contribution in [0.5, 0.6) is 0 Å². The molecule has 0 spiro atoms. The predicted octanol–water partition coefficient (Wildman–Crippen LogP) is 6.29. The molecule has 0 radical (unpaired) electrons. The number of nitrogens with one attached hydrogen (secondary N) is 1. The van der Waals surface area contributed by atoms with Crippen molar-refractivity contribution in [3.8, 4) is 0 Å². The maximum Gasteiger partial charge on any atom is 0.241 e. The van der Waals surface area contributed by atoms with E-state index in [-0.39, 0.29) is 10.3 Å². The van der Waals surface area contributed by atoms with Crippen molar-refractivity contribution in [2.75, 3.05) is 0 Å².